The Bertz CT molecular complexity index is 629. The fraction of sp³-hybridized carbons (Fsp3) is 0.167. The van der Waals surface area contributed by atoms with Crippen molar-refractivity contribution in [2.45, 2.75) is 13.5 Å². The fourth-order valence-electron chi connectivity index (χ4n) is 1.42. The number of nitrogens with one attached hydrogen (secondary N) is 1. The van der Waals surface area contributed by atoms with Crippen molar-refractivity contribution in [3.05, 3.63) is 43.3 Å². The van der Waals surface area contributed by atoms with Gasteiger partial charge >= 0.3 is 0 Å². The van der Waals surface area contributed by atoms with E-state index >= 15 is 0 Å². The lowest BCUT2D eigenvalue weighted by molar-refractivity contribution is 0.103. The summed E-state index contributed by atoms with van der Waals surface area (Å²) in [5.74, 6) is -0.218. The third kappa shape index (κ3) is 3.33. The van der Waals surface area contributed by atoms with Crippen molar-refractivity contribution >= 4 is 50.5 Å². The molecule has 1 amide bonds. The minimum absolute atomic E-state index is 0.218. The standard InChI is InChI=1S/C12H11BrClN3OS/c1-6-9(13)3-8(5-16-6)17-12(18)10-2-7(4-15)11(14)19-10/h2-3,5H,4,15H2,1H3,(H,17,18). The average molecular weight is 361 g/mol. The minimum atomic E-state index is -0.218. The summed E-state index contributed by atoms with van der Waals surface area (Å²) in [7, 11) is 0. The monoisotopic (exact) mass is 359 g/mol. The maximum absolute atomic E-state index is 12.0. The molecule has 100 valence electrons. The van der Waals surface area contributed by atoms with Gasteiger partial charge in [0.05, 0.1) is 26.8 Å². The lowest BCUT2D eigenvalue weighted by atomic mass is 10.3. The molecule has 0 atom stereocenters. The summed E-state index contributed by atoms with van der Waals surface area (Å²) in [6, 6.07) is 3.51. The van der Waals surface area contributed by atoms with Crippen molar-refractivity contribution in [2.24, 2.45) is 5.73 Å². The Hall–Kier alpha value is -0.950. The topological polar surface area (TPSA) is 68.0 Å². The number of halogens is 2. The number of nitrogens with two attached hydrogens (primary N) is 1. The first-order chi connectivity index (χ1) is 9.01. The zero-order valence-corrected chi connectivity index (χ0v) is 13.2. The molecule has 0 aliphatic heterocycles. The Kier molecular flexibility index (Phi) is 4.57. The van der Waals surface area contributed by atoms with E-state index in [-0.39, 0.29) is 5.91 Å². The Balaban J connectivity index is 2.18. The number of hydrogen-bond acceptors (Lipinski definition) is 4. The third-order valence-electron chi connectivity index (χ3n) is 2.48. The van der Waals surface area contributed by atoms with Crippen LogP contribution in [0.2, 0.25) is 4.34 Å². The van der Waals surface area contributed by atoms with Crippen LogP contribution >= 0.6 is 38.9 Å². The van der Waals surface area contributed by atoms with Crippen LogP contribution < -0.4 is 11.1 Å². The van der Waals surface area contributed by atoms with Crippen molar-refractivity contribution in [3.8, 4) is 0 Å². The van der Waals surface area contributed by atoms with Crippen LogP contribution in [0.25, 0.3) is 0 Å². The molecule has 0 aliphatic carbocycles. The van der Waals surface area contributed by atoms with Gasteiger partial charge in [-0.3, -0.25) is 9.78 Å². The van der Waals surface area contributed by atoms with Gasteiger partial charge in [0, 0.05) is 11.0 Å². The second-order valence-electron chi connectivity index (χ2n) is 3.86. The molecule has 0 unspecified atom stereocenters. The van der Waals surface area contributed by atoms with E-state index in [0.717, 1.165) is 15.7 Å². The highest BCUT2D eigenvalue weighted by Gasteiger charge is 2.13. The van der Waals surface area contributed by atoms with Crippen LogP contribution in [0, 0.1) is 6.92 Å². The molecule has 2 heterocycles. The average Bonchev–Trinajstić information content (AvgIpc) is 2.75. The van der Waals surface area contributed by atoms with Crippen molar-refractivity contribution in [1.29, 1.82) is 0 Å². The van der Waals surface area contributed by atoms with E-state index < -0.39 is 0 Å². The lowest BCUT2D eigenvalue weighted by Gasteiger charge is -2.04. The Morgan fingerprint density at radius 2 is 2.32 bits per heavy atom. The maximum Gasteiger partial charge on any atom is 0.265 e. The van der Waals surface area contributed by atoms with E-state index in [1.54, 1.807) is 18.3 Å². The van der Waals surface area contributed by atoms with E-state index in [2.05, 4.69) is 26.2 Å². The third-order valence-corrected chi connectivity index (χ3v) is 4.73. The minimum Gasteiger partial charge on any atom is -0.326 e. The van der Waals surface area contributed by atoms with Gasteiger partial charge in [0.2, 0.25) is 0 Å². The number of amides is 1. The van der Waals surface area contributed by atoms with Crippen molar-refractivity contribution in [3.63, 3.8) is 0 Å². The van der Waals surface area contributed by atoms with Gasteiger partial charge in [-0.25, -0.2) is 0 Å². The number of rotatable bonds is 3. The molecular weight excluding hydrogens is 350 g/mol. The molecule has 0 spiro atoms. The van der Waals surface area contributed by atoms with Crippen LogP contribution in [0.3, 0.4) is 0 Å². The normalized spacial score (nSPS) is 10.5. The van der Waals surface area contributed by atoms with Crippen LogP contribution in [-0.4, -0.2) is 10.9 Å². The quantitative estimate of drug-likeness (QED) is 0.879. The molecule has 0 saturated carbocycles. The van der Waals surface area contributed by atoms with Crippen molar-refractivity contribution < 1.29 is 4.79 Å². The van der Waals surface area contributed by atoms with Gasteiger partial charge in [-0.05, 0) is 40.5 Å². The molecule has 0 aliphatic rings. The second-order valence-corrected chi connectivity index (χ2v) is 6.37. The van der Waals surface area contributed by atoms with Crippen LogP contribution in [0.4, 0.5) is 5.69 Å². The predicted octanol–water partition coefficient (Wildman–Crippen LogP) is 3.58. The molecule has 2 rings (SSSR count). The van der Waals surface area contributed by atoms with Gasteiger partial charge in [0.15, 0.2) is 0 Å². The highest BCUT2D eigenvalue weighted by Crippen LogP contribution is 2.28. The summed E-state index contributed by atoms with van der Waals surface area (Å²) in [4.78, 5) is 16.7. The summed E-state index contributed by atoms with van der Waals surface area (Å²) < 4.78 is 1.40. The molecule has 19 heavy (non-hydrogen) atoms. The van der Waals surface area contributed by atoms with E-state index in [9.17, 15) is 4.79 Å². The van der Waals surface area contributed by atoms with E-state index in [1.165, 1.54) is 11.3 Å². The molecule has 2 aromatic heterocycles. The molecular formula is C12H11BrClN3OS. The highest BCUT2D eigenvalue weighted by atomic mass is 79.9. The summed E-state index contributed by atoms with van der Waals surface area (Å²) in [6.07, 6.45) is 1.61. The van der Waals surface area contributed by atoms with Crippen LogP contribution in [0.1, 0.15) is 20.9 Å². The largest absolute Gasteiger partial charge is 0.326 e. The molecule has 0 aromatic carbocycles. The number of carbonyl (C=O) groups excluding carboxylic acids is 1. The number of aryl methyl sites for hydroxylation is 1. The number of anilines is 1. The highest BCUT2D eigenvalue weighted by molar-refractivity contribution is 9.10. The summed E-state index contributed by atoms with van der Waals surface area (Å²) in [6.45, 7) is 2.20. The SMILES string of the molecule is Cc1ncc(NC(=O)c2cc(CN)c(Cl)s2)cc1Br. The van der Waals surface area contributed by atoms with Crippen LogP contribution in [-0.2, 0) is 6.54 Å². The van der Waals surface area contributed by atoms with Crippen molar-refractivity contribution in [2.75, 3.05) is 5.32 Å². The first-order valence-corrected chi connectivity index (χ1v) is 7.41. The van der Waals surface area contributed by atoms with E-state index in [1.807, 2.05) is 6.92 Å². The van der Waals surface area contributed by atoms with Crippen molar-refractivity contribution in [1.82, 2.24) is 4.98 Å². The fourth-order valence-corrected chi connectivity index (χ4v) is 2.97. The molecule has 4 nitrogen and oxygen atoms in total. The van der Waals surface area contributed by atoms with Gasteiger partial charge in [-0.15, -0.1) is 11.3 Å². The number of aromatic nitrogens is 1. The summed E-state index contributed by atoms with van der Waals surface area (Å²) in [5.41, 5.74) is 7.80. The molecule has 7 heteroatoms. The number of hydrogen-bond donors (Lipinski definition) is 2. The Morgan fingerprint density at radius 3 is 2.89 bits per heavy atom. The summed E-state index contributed by atoms with van der Waals surface area (Å²) >= 11 is 10.6. The first-order valence-electron chi connectivity index (χ1n) is 5.43. The molecule has 0 fully saturated rings. The first kappa shape index (κ1) is 14.5. The Labute approximate surface area is 128 Å². The van der Waals surface area contributed by atoms with E-state index in [4.69, 9.17) is 17.3 Å². The number of carbonyl (C=O) groups is 1. The molecule has 0 bridgehead atoms. The van der Waals surface area contributed by atoms with Crippen LogP contribution in [0.15, 0.2) is 22.8 Å². The number of nitrogens with zero attached hydrogens (tertiary/aromatic N) is 1. The second kappa shape index (κ2) is 6.00. The zero-order valence-electron chi connectivity index (χ0n) is 10.0. The number of thiophene rings is 1. The predicted molar refractivity (Wildman–Crippen MR) is 81.8 cm³/mol. The van der Waals surface area contributed by atoms with Crippen LogP contribution in [0.5, 0.6) is 0 Å². The van der Waals surface area contributed by atoms with Gasteiger partial charge in [-0.2, -0.15) is 0 Å². The van der Waals surface area contributed by atoms with Gasteiger partial charge < -0.3 is 11.1 Å². The maximum atomic E-state index is 12.0. The molecule has 3 N–H and O–H groups in total. The molecule has 2 aromatic rings. The Morgan fingerprint density at radius 1 is 1.58 bits per heavy atom. The lowest BCUT2D eigenvalue weighted by Crippen LogP contribution is -2.10. The van der Waals surface area contributed by atoms with Gasteiger partial charge in [0.25, 0.3) is 5.91 Å². The van der Waals surface area contributed by atoms with E-state index in [0.29, 0.717) is 21.4 Å². The molecule has 0 saturated heterocycles. The van der Waals surface area contributed by atoms with Gasteiger partial charge in [0.1, 0.15) is 0 Å². The number of pyridine rings is 1. The summed E-state index contributed by atoms with van der Waals surface area (Å²) in [5, 5.41) is 2.77. The smallest absolute Gasteiger partial charge is 0.265 e. The molecule has 0 radical (unpaired) electrons. The zero-order chi connectivity index (χ0) is 14.0. The van der Waals surface area contributed by atoms with Gasteiger partial charge in [-0.1, -0.05) is 11.6 Å².